The molecule has 0 spiro atoms. The minimum absolute atomic E-state index is 0.0612. The first-order valence-corrected chi connectivity index (χ1v) is 12.5. The van der Waals surface area contributed by atoms with Crippen LogP contribution in [0.3, 0.4) is 0 Å². The van der Waals surface area contributed by atoms with Gasteiger partial charge in [0.2, 0.25) is 5.91 Å². The number of aromatic nitrogens is 2. The van der Waals surface area contributed by atoms with E-state index < -0.39 is 40.8 Å². The number of halogens is 3. The largest absolute Gasteiger partial charge is 0.433 e. The van der Waals surface area contributed by atoms with Crippen LogP contribution in [0.15, 0.2) is 63.9 Å². The predicted octanol–water partition coefficient (Wildman–Crippen LogP) is 4.40. The molecule has 0 aliphatic carbocycles. The van der Waals surface area contributed by atoms with E-state index in [0.29, 0.717) is 23.0 Å². The molecule has 0 aliphatic heterocycles. The molecule has 2 aromatic heterocycles. The molecule has 4 rings (SSSR count). The highest BCUT2D eigenvalue weighted by Crippen LogP contribution is 2.33. The summed E-state index contributed by atoms with van der Waals surface area (Å²) in [6, 6.07) is 12.1. The van der Waals surface area contributed by atoms with Crippen LogP contribution < -0.4 is 27.2 Å². The Morgan fingerprint density at radius 2 is 1.67 bits per heavy atom. The molecule has 2 aromatic carbocycles. The molecule has 14 heteroatoms. The van der Waals surface area contributed by atoms with Gasteiger partial charge in [-0.05, 0) is 55.8 Å². The number of aryl methyl sites for hydroxylation is 2. The standard InChI is InChI=1S/C28H25F3N6O5/c1-4-33-22-19(25(39)34-17-10-8-15(9-11-17)21-14(2)42-37(3)27(21)41)13-20(28(29,30)31)36-23(22)26(40)35-18-7-5-6-16(12-18)24(32)38/h5-13,33H,4H2,1-3H3,(H2,32,38)(H,34,39)(H,35,40). The number of hydrogen-bond donors (Lipinski definition) is 4. The first-order chi connectivity index (χ1) is 19.8. The van der Waals surface area contributed by atoms with Gasteiger partial charge in [-0.25, -0.2) is 4.98 Å². The summed E-state index contributed by atoms with van der Waals surface area (Å²) in [5.74, 6) is -2.40. The quantitative estimate of drug-likeness (QED) is 0.239. The summed E-state index contributed by atoms with van der Waals surface area (Å²) in [7, 11) is 1.46. The third-order valence-corrected chi connectivity index (χ3v) is 6.09. The number of amides is 3. The Morgan fingerprint density at radius 3 is 2.24 bits per heavy atom. The summed E-state index contributed by atoms with van der Waals surface area (Å²) in [6.07, 6.45) is -4.99. The van der Waals surface area contributed by atoms with Gasteiger partial charge in [0, 0.05) is 30.5 Å². The number of rotatable bonds is 8. The average molecular weight is 583 g/mol. The molecule has 3 amide bonds. The van der Waals surface area contributed by atoms with Crippen molar-refractivity contribution in [3.8, 4) is 11.1 Å². The zero-order valence-corrected chi connectivity index (χ0v) is 22.6. The maximum absolute atomic E-state index is 13.8. The minimum Gasteiger partial charge on any atom is -0.383 e. The van der Waals surface area contributed by atoms with Gasteiger partial charge in [0.15, 0.2) is 5.69 Å². The van der Waals surface area contributed by atoms with Crippen molar-refractivity contribution in [1.82, 2.24) is 9.72 Å². The van der Waals surface area contributed by atoms with Crippen molar-refractivity contribution in [2.24, 2.45) is 12.8 Å². The average Bonchev–Trinajstić information content (AvgIpc) is 3.19. The van der Waals surface area contributed by atoms with Crippen molar-refractivity contribution in [1.29, 1.82) is 0 Å². The Bertz CT molecular complexity index is 1740. The monoisotopic (exact) mass is 582 g/mol. The van der Waals surface area contributed by atoms with Crippen molar-refractivity contribution >= 4 is 34.8 Å². The molecule has 0 saturated heterocycles. The number of nitrogens with zero attached hydrogens (tertiary/aromatic N) is 2. The van der Waals surface area contributed by atoms with E-state index in [0.717, 1.165) is 4.74 Å². The zero-order chi connectivity index (χ0) is 30.8. The van der Waals surface area contributed by atoms with Gasteiger partial charge in [-0.15, -0.1) is 0 Å². The number of hydrogen-bond acceptors (Lipinski definition) is 7. The molecular weight excluding hydrogens is 557 g/mol. The fourth-order valence-electron chi connectivity index (χ4n) is 4.18. The lowest BCUT2D eigenvalue weighted by molar-refractivity contribution is -0.141. The molecule has 5 N–H and O–H groups in total. The molecule has 4 aromatic rings. The van der Waals surface area contributed by atoms with Gasteiger partial charge < -0.3 is 26.2 Å². The van der Waals surface area contributed by atoms with Gasteiger partial charge in [0.25, 0.3) is 17.4 Å². The van der Waals surface area contributed by atoms with Crippen LogP contribution in [0.2, 0.25) is 0 Å². The summed E-state index contributed by atoms with van der Waals surface area (Å²) in [4.78, 5) is 53.8. The summed E-state index contributed by atoms with van der Waals surface area (Å²) >= 11 is 0. The van der Waals surface area contributed by atoms with Crippen molar-refractivity contribution < 1.29 is 32.1 Å². The number of nitrogens with one attached hydrogen (secondary N) is 3. The Balaban J connectivity index is 1.71. The summed E-state index contributed by atoms with van der Waals surface area (Å²) < 4.78 is 47.8. The van der Waals surface area contributed by atoms with Gasteiger partial charge in [-0.3, -0.25) is 19.2 Å². The van der Waals surface area contributed by atoms with E-state index in [1.165, 1.54) is 43.4 Å². The van der Waals surface area contributed by atoms with Crippen LogP contribution in [0.25, 0.3) is 11.1 Å². The summed E-state index contributed by atoms with van der Waals surface area (Å²) in [6.45, 7) is 3.38. The van der Waals surface area contributed by atoms with Gasteiger partial charge in [0.05, 0.1) is 16.8 Å². The fraction of sp³-hybridized carbons (Fsp3) is 0.179. The molecular formula is C28H25F3N6O5. The lowest BCUT2D eigenvalue weighted by Crippen LogP contribution is -2.24. The van der Waals surface area contributed by atoms with E-state index in [2.05, 4.69) is 20.9 Å². The predicted molar refractivity (Wildman–Crippen MR) is 148 cm³/mol. The zero-order valence-electron chi connectivity index (χ0n) is 22.6. The number of carbonyl (C=O) groups excluding carboxylic acids is 3. The van der Waals surface area contributed by atoms with Crippen LogP contribution in [-0.2, 0) is 13.2 Å². The second-order valence-electron chi connectivity index (χ2n) is 9.06. The van der Waals surface area contributed by atoms with Crippen molar-refractivity contribution in [3.63, 3.8) is 0 Å². The normalized spacial score (nSPS) is 11.2. The second kappa shape index (κ2) is 11.6. The van der Waals surface area contributed by atoms with Crippen LogP contribution in [0.4, 0.5) is 30.2 Å². The maximum Gasteiger partial charge on any atom is 0.433 e. The number of carbonyl (C=O) groups is 3. The Hall–Kier alpha value is -5.40. The number of nitrogens with two attached hydrogens (primary N) is 1. The van der Waals surface area contributed by atoms with Crippen molar-refractivity contribution in [2.45, 2.75) is 20.0 Å². The molecule has 0 bridgehead atoms. The van der Waals surface area contributed by atoms with Crippen LogP contribution in [0.5, 0.6) is 0 Å². The molecule has 0 unspecified atom stereocenters. The molecule has 42 heavy (non-hydrogen) atoms. The minimum atomic E-state index is -4.99. The fourth-order valence-corrected chi connectivity index (χ4v) is 4.18. The smallest absolute Gasteiger partial charge is 0.383 e. The Kier molecular flexibility index (Phi) is 8.17. The summed E-state index contributed by atoms with van der Waals surface area (Å²) in [5.41, 5.74) is 3.21. The Labute approximate surface area is 236 Å². The van der Waals surface area contributed by atoms with E-state index in [4.69, 9.17) is 10.3 Å². The molecule has 2 heterocycles. The van der Waals surface area contributed by atoms with Gasteiger partial charge in [0.1, 0.15) is 11.5 Å². The van der Waals surface area contributed by atoms with Crippen LogP contribution >= 0.6 is 0 Å². The lowest BCUT2D eigenvalue weighted by atomic mass is 10.1. The van der Waals surface area contributed by atoms with E-state index >= 15 is 0 Å². The molecule has 0 saturated carbocycles. The molecule has 0 atom stereocenters. The Morgan fingerprint density at radius 1 is 1.00 bits per heavy atom. The first-order valence-electron chi connectivity index (χ1n) is 12.5. The van der Waals surface area contributed by atoms with Gasteiger partial charge in [-0.1, -0.05) is 18.2 Å². The van der Waals surface area contributed by atoms with E-state index in [1.807, 2.05) is 0 Å². The lowest BCUT2D eigenvalue weighted by Gasteiger charge is -2.18. The van der Waals surface area contributed by atoms with Crippen molar-refractivity contribution in [3.05, 3.63) is 93.2 Å². The highest BCUT2D eigenvalue weighted by atomic mass is 19.4. The van der Waals surface area contributed by atoms with Crippen LogP contribution in [-0.4, -0.2) is 34.0 Å². The summed E-state index contributed by atoms with van der Waals surface area (Å²) in [5, 5.41) is 7.68. The topological polar surface area (TPSA) is 161 Å². The van der Waals surface area contributed by atoms with E-state index in [-0.39, 0.29) is 34.7 Å². The van der Waals surface area contributed by atoms with E-state index in [1.54, 1.807) is 26.0 Å². The highest BCUT2D eigenvalue weighted by molar-refractivity contribution is 6.14. The van der Waals surface area contributed by atoms with Crippen LogP contribution in [0.1, 0.15) is 49.6 Å². The number of primary amides is 1. The van der Waals surface area contributed by atoms with Gasteiger partial charge in [-0.2, -0.15) is 17.9 Å². The van der Waals surface area contributed by atoms with Crippen molar-refractivity contribution in [2.75, 3.05) is 22.5 Å². The highest BCUT2D eigenvalue weighted by Gasteiger charge is 2.36. The van der Waals surface area contributed by atoms with E-state index in [9.17, 15) is 32.3 Å². The molecule has 11 nitrogen and oxygen atoms in total. The van der Waals surface area contributed by atoms with Gasteiger partial charge >= 0.3 is 6.18 Å². The maximum atomic E-state index is 13.8. The third kappa shape index (κ3) is 6.16. The number of benzene rings is 2. The van der Waals surface area contributed by atoms with Crippen LogP contribution in [0, 0.1) is 6.92 Å². The second-order valence-corrected chi connectivity index (χ2v) is 9.06. The molecule has 0 radical (unpaired) electrons. The third-order valence-electron chi connectivity index (χ3n) is 6.09. The SMILES string of the molecule is CCNc1c(C(=O)Nc2ccc(-c3c(C)on(C)c3=O)cc2)cc(C(F)(F)F)nc1C(=O)Nc1cccc(C(N)=O)c1. The number of alkyl halides is 3. The number of pyridine rings is 1. The number of anilines is 3. The molecule has 0 aliphatic rings. The molecule has 218 valence electrons. The molecule has 0 fully saturated rings. The first kappa shape index (κ1) is 29.6.